The summed E-state index contributed by atoms with van der Waals surface area (Å²) in [6, 6.07) is 21.7. The summed E-state index contributed by atoms with van der Waals surface area (Å²) in [4.78, 5) is 0. The van der Waals surface area contributed by atoms with Crippen LogP contribution < -0.4 is 93.0 Å². The number of aryl methyl sites for hydroxylation is 12. The van der Waals surface area contributed by atoms with Crippen LogP contribution in [0.25, 0.3) is 0 Å². The molecule has 10 aromatic heterocycles. The maximum atomic E-state index is 7.31. The maximum absolute atomic E-state index is 7.31. The Morgan fingerprint density at radius 2 is 0.323 bits per heavy atom. The lowest BCUT2D eigenvalue weighted by Gasteiger charge is -2.22. The minimum absolute atomic E-state index is 0.349. The van der Waals surface area contributed by atoms with Crippen molar-refractivity contribution in [3.63, 3.8) is 0 Å². The maximum Gasteiger partial charge on any atom is 0.243 e. The number of rotatable bonds is 49. The van der Waals surface area contributed by atoms with Gasteiger partial charge < -0.3 is 47.4 Å². The molecule has 664 valence electrons. The van der Waals surface area contributed by atoms with E-state index < -0.39 is 0 Å². The standard InChI is InChI=1S/C97H126N20O10/c1-13-79-59-91(121-47-37-111-27-17-101(6)71-111)81(61-90(79)120-46-36-110-26-16-100(5)70-110)56-83-63-95(125-51-41-115-31-21-105(10)75-115)85(65-94(83)124-50-40-114-30-20-104(9)74-114)58-87-67-96(126-52-42-116-32-22-106(11)76-116)86(66-97(87)127-53-43-117-33-23-107(12)77-117)57-84-64-92(122-48-38-112-28-18-102(7)72-112)82(62-93(84)123-49-39-113-29-19-103(8)73-113)55-80-60-88(118-44-34-108-24-14-98(3)68-108)78(2)54-89(80)119-45-35-109-25-15-99(4)69-109/h14-33,54,59-77H,13,34-53,55-58H2,1-12H3/q+10. The van der Waals surface area contributed by atoms with Crippen LogP contribution in [0.3, 0.4) is 0 Å². The number of ether oxygens (including phenoxy) is 10. The predicted molar refractivity (Wildman–Crippen MR) is 469 cm³/mol. The first-order chi connectivity index (χ1) is 61.7. The zero-order valence-electron chi connectivity index (χ0n) is 75.8. The highest BCUT2D eigenvalue weighted by atomic mass is 16.5. The summed E-state index contributed by atoms with van der Waals surface area (Å²) < 4.78 is 113. The first-order valence-electron chi connectivity index (χ1n) is 43.9. The van der Waals surface area contributed by atoms with Crippen LogP contribution in [0.5, 0.6) is 57.5 Å². The van der Waals surface area contributed by atoms with Crippen LogP contribution in [0.2, 0.25) is 0 Å². The van der Waals surface area contributed by atoms with Gasteiger partial charge in [0.15, 0.2) is 0 Å². The second-order valence-electron chi connectivity index (χ2n) is 33.2. The minimum Gasteiger partial charge on any atom is -0.489 e. The summed E-state index contributed by atoms with van der Waals surface area (Å²) in [5.41, 5.74) is 9.31. The Hall–Kier alpha value is -13.8. The van der Waals surface area contributed by atoms with Gasteiger partial charge in [0.2, 0.25) is 63.3 Å². The predicted octanol–water partition coefficient (Wildman–Crippen LogP) is 5.97. The molecule has 0 unspecified atom stereocenters. The lowest BCUT2D eigenvalue weighted by Crippen LogP contribution is -2.34. The van der Waals surface area contributed by atoms with Gasteiger partial charge in [0, 0.05) is 70.2 Å². The molecular weight excluding hydrogens is 1610 g/mol. The summed E-state index contributed by atoms with van der Waals surface area (Å²) >= 11 is 0. The Bertz CT molecular complexity index is 6100. The van der Waals surface area contributed by atoms with Gasteiger partial charge in [0.1, 0.15) is 313 Å². The summed E-state index contributed by atoms with van der Waals surface area (Å²) in [5.74, 6) is 7.33. The fourth-order valence-corrected chi connectivity index (χ4v) is 15.8. The number of hydrogen-bond donors (Lipinski definition) is 0. The number of hydrogen-bond acceptors (Lipinski definition) is 10. The molecule has 15 aromatic rings. The second kappa shape index (κ2) is 42.3. The third kappa shape index (κ3) is 24.8. The van der Waals surface area contributed by atoms with Crippen LogP contribution in [0.15, 0.2) is 248 Å². The van der Waals surface area contributed by atoms with Crippen molar-refractivity contribution in [3.8, 4) is 57.5 Å². The van der Waals surface area contributed by atoms with E-state index >= 15 is 0 Å². The Labute approximate surface area is 743 Å². The number of nitrogens with zero attached hydrogens (tertiary/aromatic N) is 20. The van der Waals surface area contributed by atoms with Crippen molar-refractivity contribution in [3.05, 3.63) is 304 Å². The van der Waals surface area contributed by atoms with Crippen molar-refractivity contribution in [1.82, 2.24) is 45.7 Å². The summed E-state index contributed by atoms with van der Waals surface area (Å²) in [6.07, 6.45) is 64.1. The molecule has 30 nitrogen and oxygen atoms in total. The Morgan fingerprint density at radius 1 is 0.189 bits per heavy atom. The molecule has 0 saturated heterocycles. The lowest BCUT2D eigenvalue weighted by molar-refractivity contribution is -0.697. The first kappa shape index (κ1) is 88.1. The molecule has 0 atom stereocenters. The van der Waals surface area contributed by atoms with Crippen molar-refractivity contribution >= 4 is 0 Å². The van der Waals surface area contributed by atoms with E-state index in [4.69, 9.17) is 47.4 Å². The van der Waals surface area contributed by atoms with Gasteiger partial charge in [0.05, 0.1) is 70.5 Å². The van der Waals surface area contributed by atoms with Gasteiger partial charge in [-0.3, -0.25) is 0 Å². The highest BCUT2D eigenvalue weighted by Crippen LogP contribution is 2.42. The smallest absolute Gasteiger partial charge is 0.243 e. The summed E-state index contributed by atoms with van der Waals surface area (Å²) in [6.45, 7) is 14.4. The van der Waals surface area contributed by atoms with Crippen molar-refractivity contribution in [2.75, 3.05) is 66.1 Å². The zero-order valence-corrected chi connectivity index (χ0v) is 75.8. The molecule has 0 fully saturated rings. The van der Waals surface area contributed by atoms with Crippen LogP contribution in [0, 0.1) is 6.92 Å². The molecule has 0 spiro atoms. The number of aromatic nitrogens is 20. The molecule has 0 aliphatic rings. The van der Waals surface area contributed by atoms with Crippen molar-refractivity contribution < 1.29 is 93.0 Å². The molecule has 15 rings (SSSR count). The number of imidazole rings is 10. The van der Waals surface area contributed by atoms with Gasteiger partial charge in [-0.25, -0.2) is 91.3 Å². The van der Waals surface area contributed by atoms with Crippen LogP contribution in [0.4, 0.5) is 0 Å². The van der Waals surface area contributed by atoms with E-state index in [1.54, 1.807) is 0 Å². The molecule has 0 aliphatic heterocycles. The van der Waals surface area contributed by atoms with Crippen LogP contribution in [0.1, 0.15) is 62.6 Å². The van der Waals surface area contributed by atoms with E-state index in [9.17, 15) is 0 Å². The number of benzene rings is 5. The molecular formula is C97H126N20O10+10. The normalized spacial score (nSPS) is 11.5. The van der Waals surface area contributed by atoms with Crippen LogP contribution in [-0.2, 0) is 168 Å². The first-order valence-corrected chi connectivity index (χ1v) is 43.9. The quantitative estimate of drug-likeness (QED) is 0.0413. The summed E-state index contributed by atoms with van der Waals surface area (Å²) in [5, 5.41) is 0. The fourth-order valence-electron chi connectivity index (χ4n) is 15.8. The van der Waals surface area contributed by atoms with E-state index in [2.05, 4.69) is 245 Å². The van der Waals surface area contributed by atoms with E-state index in [1.807, 2.05) is 178 Å². The Kier molecular flexibility index (Phi) is 29.3. The van der Waals surface area contributed by atoms with Gasteiger partial charge in [-0.15, -0.1) is 0 Å². The molecule has 0 amide bonds. The highest BCUT2D eigenvalue weighted by molar-refractivity contribution is 5.58. The molecule has 0 N–H and O–H groups in total. The summed E-state index contributed by atoms with van der Waals surface area (Å²) in [7, 11) is 20.3. The van der Waals surface area contributed by atoms with Gasteiger partial charge in [-0.05, 0) is 85.1 Å². The molecule has 0 radical (unpaired) electrons. The average molecular weight is 1730 g/mol. The SMILES string of the molecule is CCc1cc(OCC[n+]2ccn(C)c2)c(Cc2cc(OCC[n+]3ccn(C)c3)c(Cc3cc(OCC[n+]4ccn(C)c4)c(Cc4cc(OCC[n+]5ccn(C)c5)c(Cc5cc(OCC[n+]6ccn(C)c6)c(C)cc5OCC[n+]5ccn(C)c5)cc4OCC[n+]4ccn(C)c4)cc3OCC[n+]3ccn(C)c3)cc2OCC[n+]2ccn(C)c2)cc1OCC[n+]1ccn(C)c1. The zero-order chi connectivity index (χ0) is 88.1. The minimum atomic E-state index is 0.349. The topological polar surface area (TPSA) is 180 Å². The van der Waals surface area contributed by atoms with Gasteiger partial charge in [-0.1, -0.05) is 6.92 Å². The Balaban J connectivity index is 0.855. The molecule has 30 heteroatoms. The molecule has 10 heterocycles. The molecule has 0 aliphatic carbocycles. The largest absolute Gasteiger partial charge is 0.489 e. The average Bonchev–Trinajstić information content (AvgIpc) is 1.64. The van der Waals surface area contributed by atoms with Gasteiger partial charge in [-0.2, -0.15) is 0 Å². The monoisotopic (exact) mass is 1730 g/mol. The second-order valence-corrected chi connectivity index (χ2v) is 33.2. The van der Waals surface area contributed by atoms with E-state index in [1.165, 1.54) is 0 Å². The molecule has 127 heavy (non-hydrogen) atoms. The van der Waals surface area contributed by atoms with Crippen molar-refractivity contribution in [2.45, 2.75) is 111 Å². The van der Waals surface area contributed by atoms with Gasteiger partial charge in [0.25, 0.3) is 0 Å². The van der Waals surface area contributed by atoms with Gasteiger partial charge >= 0.3 is 0 Å². The fraction of sp³-hybridized carbons (Fsp3) is 0.381. The van der Waals surface area contributed by atoms with Crippen molar-refractivity contribution in [2.24, 2.45) is 70.5 Å². The van der Waals surface area contributed by atoms with E-state index in [0.29, 0.717) is 192 Å². The Morgan fingerprint density at radius 3 is 0.472 bits per heavy atom. The van der Waals surface area contributed by atoms with E-state index in [0.717, 1.165) is 85.1 Å². The van der Waals surface area contributed by atoms with E-state index in [-0.39, 0.29) is 0 Å². The lowest BCUT2D eigenvalue weighted by atomic mass is 9.94. The third-order valence-electron chi connectivity index (χ3n) is 22.5. The van der Waals surface area contributed by atoms with Crippen molar-refractivity contribution in [1.29, 1.82) is 0 Å². The van der Waals surface area contributed by atoms with Crippen LogP contribution >= 0.6 is 0 Å². The third-order valence-corrected chi connectivity index (χ3v) is 22.5. The molecule has 0 saturated carbocycles. The molecule has 0 bridgehead atoms. The highest BCUT2D eigenvalue weighted by Gasteiger charge is 2.26. The van der Waals surface area contributed by atoms with Crippen LogP contribution in [-0.4, -0.2) is 112 Å². The molecule has 5 aromatic carbocycles.